The van der Waals surface area contributed by atoms with Gasteiger partial charge in [-0.2, -0.15) is 10.2 Å². The molecule has 9 heteroatoms. The van der Waals surface area contributed by atoms with Gasteiger partial charge in [-0.05, 0) is 55.3 Å². The van der Waals surface area contributed by atoms with Gasteiger partial charge in [0.1, 0.15) is 17.3 Å². The molecule has 0 spiro atoms. The molecule has 3 aromatic heterocycles. The number of nitriles is 1. The van der Waals surface area contributed by atoms with Gasteiger partial charge in [0.2, 0.25) is 0 Å². The van der Waals surface area contributed by atoms with Crippen LogP contribution >= 0.6 is 11.6 Å². The zero-order valence-electron chi connectivity index (χ0n) is 21.0. The van der Waals surface area contributed by atoms with Crippen LogP contribution in [0.2, 0.25) is 5.02 Å². The summed E-state index contributed by atoms with van der Waals surface area (Å²) < 4.78 is 1.48. The van der Waals surface area contributed by atoms with Crippen molar-refractivity contribution in [1.29, 1.82) is 5.26 Å². The minimum absolute atomic E-state index is 0.0247. The second kappa shape index (κ2) is 10.3. The van der Waals surface area contributed by atoms with E-state index in [1.807, 2.05) is 30.5 Å². The van der Waals surface area contributed by atoms with Gasteiger partial charge >= 0.3 is 5.69 Å². The number of anilines is 1. The van der Waals surface area contributed by atoms with Crippen LogP contribution in [0, 0.1) is 11.3 Å². The molecule has 188 valence electrons. The average molecular weight is 514 g/mol. The third kappa shape index (κ3) is 4.68. The van der Waals surface area contributed by atoms with E-state index in [0.29, 0.717) is 34.1 Å². The zero-order chi connectivity index (χ0) is 26.1. The van der Waals surface area contributed by atoms with E-state index in [0.717, 1.165) is 24.2 Å². The second-order valence-corrected chi connectivity index (χ2v) is 9.86. The Kier molecular flexibility index (Phi) is 6.92. The topological polar surface area (TPSA) is 90.9 Å². The molecule has 1 fully saturated rings. The summed E-state index contributed by atoms with van der Waals surface area (Å²) in [5.41, 5.74) is 3.27. The molecule has 1 aliphatic rings. The molecule has 0 amide bonds. The van der Waals surface area contributed by atoms with Crippen LogP contribution in [0.25, 0.3) is 11.0 Å². The highest BCUT2D eigenvalue weighted by Crippen LogP contribution is 2.35. The molecule has 0 N–H and O–H groups in total. The molecule has 0 saturated carbocycles. The lowest BCUT2D eigenvalue weighted by atomic mass is 9.95. The fourth-order valence-corrected chi connectivity index (χ4v) is 5.35. The molecule has 4 heterocycles. The van der Waals surface area contributed by atoms with Crippen molar-refractivity contribution in [3.63, 3.8) is 0 Å². The Bertz CT molecular complexity index is 1510. The smallest absolute Gasteiger partial charge is 0.349 e. The van der Waals surface area contributed by atoms with E-state index < -0.39 is 0 Å². The van der Waals surface area contributed by atoms with Crippen LogP contribution in [0.1, 0.15) is 43.3 Å². The Hall–Kier alpha value is -3.80. The average Bonchev–Trinajstić information content (AvgIpc) is 2.92. The van der Waals surface area contributed by atoms with E-state index in [2.05, 4.69) is 57.9 Å². The van der Waals surface area contributed by atoms with E-state index >= 15 is 0 Å². The highest BCUT2D eigenvalue weighted by molar-refractivity contribution is 6.30. The number of piperazine rings is 1. The molecule has 0 unspecified atom stereocenters. The van der Waals surface area contributed by atoms with Crippen molar-refractivity contribution in [2.45, 2.75) is 38.4 Å². The standard InChI is InChI=1S/C28H28ClN7O/c1-4-22-17-35(27-25-24(34(3)28(37)33-27)13-12-21(15-30)32-25)18(2)16-36(22)26(23-7-5-6-14-31-23)19-8-10-20(29)11-9-19/h5-14,18,22,26H,4,16-17H2,1-3H3/t18-,22+,26-/m0/s1. The van der Waals surface area contributed by atoms with Crippen LogP contribution in [0.5, 0.6) is 0 Å². The van der Waals surface area contributed by atoms with Crippen molar-refractivity contribution in [2.75, 3.05) is 18.0 Å². The molecule has 8 nitrogen and oxygen atoms in total. The maximum atomic E-state index is 12.8. The number of rotatable bonds is 5. The molecular weight excluding hydrogens is 486 g/mol. The molecule has 3 atom stereocenters. The van der Waals surface area contributed by atoms with Gasteiger partial charge in [0.05, 0.1) is 17.3 Å². The van der Waals surface area contributed by atoms with Gasteiger partial charge in [0.25, 0.3) is 0 Å². The Morgan fingerprint density at radius 1 is 1.11 bits per heavy atom. The molecule has 1 aliphatic heterocycles. The lowest BCUT2D eigenvalue weighted by Crippen LogP contribution is -2.58. The second-order valence-electron chi connectivity index (χ2n) is 9.42. The number of pyridine rings is 2. The summed E-state index contributed by atoms with van der Waals surface area (Å²) in [6, 6.07) is 19.6. The van der Waals surface area contributed by atoms with Crippen LogP contribution in [0.15, 0.2) is 65.6 Å². The summed E-state index contributed by atoms with van der Waals surface area (Å²) in [7, 11) is 1.68. The predicted octanol–water partition coefficient (Wildman–Crippen LogP) is 4.33. The third-order valence-corrected chi connectivity index (χ3v) is 7.41. The number of halogens is 1. The number of hydrogen-bond donors (Lipinski definition) is 0. The molecule has 5 rings (SSSR count). The number of fused-ring (bicyclic) bond motifs is 1. The summed E-state index contributed by atoms with van der Waals surface area (Å²) in [4.78, 5) is 31.1. The van der Waals surface area contributed by atoms with Crippen LogP contribution < -0.4 is 10.6 Å². The first kappa shape index (κ1) is 24.9. The van der Waals surface area contributed by atoms with Gasteiger partial charge in [-0.1, -0.05) is 36.7 Å². The van der Waals surface area contributed by atoms with Gasteiger partial charge < -0.3 is 4.90 Å². The van der Waals surface area contributed by atoms with E-state index in [-0.39, 0.29) is 23.8 Å². The normalized spacial score (nSPS) is 19.1. The molecule has 0 bridgehead atoms. The Labute approximate surface area is 220 Å². The van der Waals surface area contributed by atoms with E-state index in [1.54, 1.807) is 19.2 Å². The molecule has 1 saturated heterocycles. The van der Waals surface area contributed by atoms with Crippen LogP contribution in [-0.2, 0) is 7.05 Å². The number of nitrogens with zero attached hydrogens (tertiary/aromatic N) is 7. The third-order valence-electron chi connectivity index (χ3n) is 7.16. The first-order valence-electron chi connectivity index (χ1n) is 12.4. The Balaban J connectivity index is 1.58. The quantitative estimate of drug-likeness (QED) is 0.392. The number of aromatic nitrogens is 4. The molecule has 1 aromatic carbocycles. The maximum Gasteiger partial charge on any atom is 0.349 e. The summed E-state index contributed by atoms with van der Waals surface area (Å²) >= 11 is 6.21. The van der Waals surface area contributed by atoms with Gasteiger partial charge in [-0.3, -0.25) is 14.5 Å². The number of hydrogen-bond acceptors (Lipinski definition) is 7. The van der Waals surface area contributed by atoms with Gasteiger partial charge in [0.15, 0.2) is 5.82 Å². The maximum absolute atomic E-state index is 12.8. The van der Waals surface area contributed by atoms with Gasteiger partial charge in [0, 0.05) is 43.4 Å². The fraction of sp³-hybridized carbons (Fsp3) is 0.321. The highest BCUT2D eigenvalue weighted by Gasteiger charge is 2.38. The monoisotopic (exact) mass is 513 g/mol. The summed E-state index contributed by atoms with van der Waals surface area (Å²) in [5, 5.41) is 10.1. The van der Waals surface area contributed by atoms with Crippen molar-refractivity contribution in [1.82, 2.24) is 24.4 Å². The Morgan fingerprint density at radius 2 is 1.89 bits per heavy atom. The fourth-order valence-electron chi connectivity index (χ4n) is 5.23. The summed E-state index contributed by atoms with van der Waals surface area (Å²) in [6.45, 7) is 5.68. The van der Waals surface area contributed by atoms with Gasteiger partial charge in [-0.15, -0.1) is 0 Å². The summed E-state index contributed by atoms with van der Waals surface area (Å²) in [5.74, 6) is 0.529. The van der Waals surface area contributed by atoms with E-state index in [1.165, 1.54) is 4.57 Å². The highest BCUT2D eigenvalue weighted by atomic mass is 35.5. The summed E-state index contributed by atoms with van der Waals surface area (Å²) in [6.07, 6.45) is 2.72. The minimum atomic E-state index is -0.343. The van der Waals surface area contributed by atoms with Crippen molar-refractivity contribution in [3.8, 4) is 6.07 Å². The first-order valence-corrected chi connectivity index (χ1v) is 12.8. The molecule has 0 radical (unpaired) electrons. The zero-order valence-corrected chi connectivity index (χ0v) is 21.8. The van der Waals surface area contributed by atoms with Gasteiger partial charge in [-0.25, -0.2) is 9.78 Å². The molecule has 0 aliphatic carbocycles. The number of benzene rings is 1. The van der Waals surface area contributed by atoms with Crippen molar-refractivity contribution >= 4 is 28.5 Å². The lowest BCUT2D eigenvalue weighted by molar-refractivity contribution is 0.113. The predicted molar refractivity (Wildman–Crippen MR) is 145 cm³/mol. The Morgan fingerprint density at radius 3 is 2.57 bits per heavy atom. The molecular formula is C28H28ClN7O. The van der Waals surface area contributed by atoms with Crippen LogP contribution in [0.3, 0.4) is 0 Å². The largest absolute Gasteiger partial charge is 0.349 e. The molecule has 4 aromatic rings. The van der Waals surface area contributed by atoms with Crippen molar-refractivity contribution in [2.24, 2.45) is 7.05 Å². The van der Waals surface area contributed by atoms with E-state index in [4.69, 9.17) is 16.6 Å². The van der Waals surface area contributed by atoms with Crippen molar-refractivity contribution in [3.05, 3.63) is 93.3 Å². The lowest BCUT2D eigenvalue weighted by Gasteiger charge is -2.48. The van der Waals surface area contributed by atoms with Crippen LogP contribution in [-0.4, -0.2) is 49.6 Å². The minimum Gasteiger partial charge on any atom is -0.349 e. The van der Waals surface area contributed by atoms with Crippen LogP contribution in [0.4, 0.5) is 5.82 Å². The first-order chi connectivity index (χ1) is 17.9. The molecule has 37 heavy (non-hydrogen) atoms. The SMILES string of the molecule is CC[C@@H]1CN(c2nc(=O)n(C)c3ccc(C#N)nc23)[C@@H](C)CN1[C@@H](c1ccc(Cl)cc1)c1ccccn1. The van der Waals surface area contributed by atoms with Crippen molar-refractivity contribution < 1.29 is 0 Å². The number of aryl methyl sites for hydroxylation is 1. The van der Waals surface area contributed by atoms with E-state index in [9.17, 15) is 10.1 Å².